The molecule has 29 heavy (non-hydrogen) atoms. The van der Waals surface area contributed by atoms with Gasteiger partial charge in [-0.05, 0) is 48.4 Å². The fourth-order valence-electron chi connectivity index (χ4n) is 3.66. The van der Waals surface area contributed by atoms with E-state index in [-0.39, 0.29) is 11.8 Å². The molecule has 3 heterocycles. The van der Waals surface area contributed by atoms with Crippen LogP contribution < -0.4 is 15.0 Å². The molecule has 0 atom stereocenters. The number of hydrogen-bond donors (Lipinski definition) is 1. The molecule has 0 radical (unpaired) electrons. The minimum Gasteiger partial charge on any atom is -0.497 e. The first-order chi connectivity index (χ1) is 14.0. The van der Waals surface area contributed by atoms with Crippen molar-refractivity contribution in [1.82, 2.24) is 15.5 Å². The largest absolute Gasteiger partial charge is 0.497 e. The van der Waals surface area contributed by atoms with Crippen LogP contribution >= 0.6 is 0 Å². The van der Waals surface area contributed by atoms with Gasteiger partial charge >= 0.3 is 0 Å². The predicted octanol–water partition coefficient (Wildman–Crippen LogP) is 3.75. The van der Waals surface area contributed by atoms with E-state index in [9.17, 15) is 4.79 Å². The van der Waals surface area contributed by atoms with E-state index in [1.807, 2.05) is 31.3 Å². The molecular formula is C22H24N4O3. The van der Waals surface area contributed by atoms with Gasteiger partial charge in [-0.1, -0.05) is 25.1 Å². The molecule has 0 saturated heterocycles. The van der Waals surface area contributed by atoms with Gasteiger partial charge in [0.2, 0.25) is 0 Å². The summed E-state index contributed by atoms with van der Waals surface area (Å²) >= 11 is 0. The van der Waals surface area contributed by atoms with Crippen LogP contribution in [-0.2, 0) is 13.1 Å². The van der Waals surface area contributed by atoms with Crippen molar-refractivity contribution in [3.05, 3.63) is 58.8 Å². The summed E-state index contributed by atoms with van der Waals surface area (Å²) in [6, 6.07) is 9.37. The number of ether oxygens (including phenoxy) is 1. The molecule has 4 rings (SSSR count). The second kappa shape index (κ2) is 7.67. The maximum atomic E-state index is 13.2. The minimum absolute atomic E-state index is 0.0810. The molecule has 0 saturated carbocycles. The number of aromatic nitrogens is 2. The Morgan fingerprint density at radius 1 is 1.31 bits per heavy atom. The third-order valence-corrected chi connectivity index (χ3v) is 5.17. The van der Waals surface area contributed by atoms with Crippen molar-refractivity contribution >= 4 is 11.7 Å². The maximum absolute atomic E-state index is 13.2. The molecule has 1 aromatic carbocycles. The van der Waals surface area contributed by atoms with Crippen molar-refractivity contribution < 1.29 is 14.1 Å². The summed E-state index contributed by atoms with van der Waals surface area (Å²) < 4.78 is 10.8. The van der Waals surface area contributed by atoms with Crippen LogP contribution in [0.4, 0.5) is 5.82 Å². The highest BCUT2D eigenvalue weighted by Gasteiger charge is 2.32. The Morgan fingerprint density at radius 2 is 2.14 bits per heavy atom. The molecule has 2 aromatic heterocycles. The van der Waals surface area contributed by atoms with Gasteiger partial charge in [0.05, 0.1) is 19.9 Å². The van der Waals surface area contributed by atoms with E-state index in [0.717, 1.165) is 16.7 Å². The Balaban J connectivity index is 1.72. The molecule has 0 fully saturated rings. The van der Waals surface area contributed by atoms with Gasteiger partial charge < -0.3 is 14.6 Å². The average molecular weight is 392 g/mol. The SMILES string of the molecule is CNCc1cc(OC)cc2c1CN(c1cccc(-c3oncc3C(C)C)n1)C2=O. The van der Waals surface area contributed by atoms with Gasteiger partial charge in [0.25, 0.3) is 5.91 Å². The number of nitrogens with zero attached hydrogens (tertiary/aromatic N) is 3. The lowest BCUT2D eigenvalue weighted by atomic mass is 10.0. The van der Waals surface area contributed by atoms with Gasteiger partial charge in [-0.15, -0.1) is 0 Å². The first-order valence-corrected chi connectivity index (χ1v) is 9.61. The number of pyridine rings is 1. The summed E-state index contributed by atoms with van der Waals surface area (Å²) in [5.74, 6) is 2.08. The van der Waals surface area contributed by atoms with Crippen LogP contribution in [0.2, 0.25) is 0 Å². The summed E-state index contributed by atoms with van der Waals surface area (Å²) in [5.41, 5.74) is 4.36. The van der Waals surface area contributed by atoms with Crippen LogP contribution in [0.1, 0.15) is 46.8 Å². The minimum atomic E-state index is -0.0810. The molecule has 7 heteroatoms. The van der Waals surface area contributed by atoms with Gasteiger partial charge in [0.1, 0.15) is 17.3 Å². The zero-order valence-electron chi connectivity index (χ0n) is 17.0. The zero-order chi connectivity index (χ0) is 20.5. The molecular weight excluding hydrogens is 368 g/mol. The quantitative estimate of drug-likeness (QED) is 0.688. The van der Waals surface area contributed by atoms with Crippen LogP contribution in [0, 0.1) is 0 Å². The third kappa shape index (κ3) is 3.38. The van der Waals surface area contributed by atoms with Crippen LogP contribution in [0.5, 0.6) is 5.75 Å². The Morgan fingerprint density at radius 3 is 2.86 bits per heavy atom. The van der Waals surface area contributed by atoms with Gasteiger partial charge in [-0.25, -0.2) is 4.98 Å². The fraction of sp³-hybridized carbons (Fsp3) is 0.318. The molecule has 0 spiro atoms. The fourth-order valence-corrected chi connectivity index (χ4v) is 3.66. The van der Waals surface area contributed by atoms with Crippen molar-refractivity contribution in [2.24, 2.45) is 0 Å². The molecule has 1 N–H and O–H groups in total. The zero-order valence-corrected chi connectivity index (χ0v) is 17.0. The second-order valence-electron chi connectivity index (χ2n) is 7.38. The molecule has 0 aliphatic carbocycles. The Labute approximate surface area is 169 Å². The van der Waals surface area contributed by atoms with Crippen LogP contribution in [0.15, 0.2) is 41.1 Å². The van der Waals surface area contributed by atoms with E-state index in [4.69, 9.17) is 14.2 Å². The van der Waals surface area contributed by atoms with Crippen LogP contribution in [0.3, 0.4) is 0 Å². The number of carbonyl (C=O) groups is 1. The lowest BCUT2D eigenvalue weighted by Gasteiger charge is -2.15. The number of anilines is 1. The summed E-state index contributed by atoms with van der Waals surface area (Å²) in [6.07, 6.45) is 1.72. The predicted molar refractivity (Wildman–Crippen MR) is 110 cm³/mol. The Bertz CT molecular complexity index is 1060. The number of benzene rings is 1. The third-order valence-electron chi connectivity index (χ3n) is 5.17. The first-order valence-electron chi connectivity index (χ1n) is 9.61. The van der Waals surface area contributed by atoms with E-state index >= 15 is 0 Å². The Kier molecular flexibility index (Phi) is 5.07. The molecule has 1 aliphatic rings. The number of hydrogen-bond acceptors (Lipinski definition) is 6. The molecule has 0 bridgehead atoms. The van der Waals surface area contributed by atoms with E-state index in [2.05, 4.69) is 24.3 Å². The van der Waals surface area contributed by atoms with Crippen molar-refractivity contribution in [2.45, 2.75) is 32.9 Å². The number of carbonyl (C=O) groups excluding carboxylic acids is 1. The maximum Gasteiger partial charge on any atom is 0.260 e. The standard InChI is InChI=1S/C22H24N4O3/c1-13(2)17-11-24-29-21(17)19-6-5-7-20(25-19)26-12-18-14(10-23-3)8-15(28-4)9-16(18)22(26)27/h5-9,11,13,23H,10,12H2,1-4H3. The summed E-state index contributed by atoms with van der Waals surface area (Å²) in [5, 5.41) is 7.09. The summed E-state index contributed by atoms with van der Waals surface area (Å²) in [6.45, 7) is 5.29. The highest BCUT2D eigenvalue weighted by atomic mass is 16.5. The van der Waals surface area contributed by atoms with E-state index in [0.29, 0.717) is 41.7 Å². The highest BCUT2D eigenvalue weighted by Crippen LogP contribution is 2.34. The van der Waals surface area contributed by atoms with Gasteiger partial charge in [-0.2, -0.15) is 0 Å². The molecule has 1 amide bonds. The van der Waals surface area contributed by atoms with Gasteiger partial charge in [0.15, 0.2) is 5.76 Å². The topological polar surface area (TPSA) is 80.5 Å². The van der Waals surface area contributed by atoms with Crippen molar-refractivity contribution in [1.29, 1.82) is 0 Å². The van der Waals surface area contributed by atoms with E-state index in [1.54, 1.807) is 24.3 Å². The van der Waals surface area contributed by atoms with E-state index < -0.39 is 0 Å². The second-order valence-corrected chi connectivity index (χ2v) is 7.38. The molecule has 7 nitrogen and oxygen atoms in total. The smallest absolute Gasteiger partial charge is 0.260 e. The van der Waals surface area contributed by atoms with Gasteiger partial charge in [0, 0.05) is 17.7 Å². The molecule has 3 aromatic rings. The van der Waals surface area contributed by atoms with Crippen molar-refractivity contribution in [2.75, 3.05) is 19.1 Å². The monoisotopic (exact) mass is 392 g/mol. The first kappa shape index (κ1) is 19.1. The number of amides is 1. The average Bonchev–Trinajstić information content (AvgIpc) is 3.34. The van der Waals surface area contributed by atoms with E-state index in [1.165, 1.54) is 0 Å². The highest BCUT2D eigenvalue weighted by molar-refractivity contribution is 6.10. The van der Waals surface area contributed by atoms with Crippen LogP contribution in [-0.4, -0.2) is 30.2 Å². The summed E-state index contributed by atoms with van der Waals surface area (Å²) in [7, 11) is 3.49. The molecule has 1 aliphatic heterocycles. The van der Waals surface area contributed by atoms with Crippen molar-refractivity contribution in [3.8, 4) is 17.2 Å². The van der Waals surface area contributed by atoms with Crippen LogP contribution in [0.25, 0.3) is 11.5 Å². The number of nitrogens with one attached hydrogen (secondary N) is 1. The molecule has 150 valence electrons. The number of fused-ring (bicyclic) bond motifs is 1. The van der Waals surface area contributed by atoms with Gasteiger partial charge in [-0.3, -0.25) is 9.69 Å². The Hall–Kier alpha value is -3.19. The summed E-state index contributed by atoms with van der Waals surface area (Å²) in [4.78, 5) is 19.6. The normalized spacial score (nSPS) is 13.3. The lowest BCUT2D eigenvalue weighted by Crippen LogP contribution is -2.24. The van der Waals surface area contributed by atoms with Crippen molar-refractivity contribution in [3.63, 3.8) is 0 Å². The number of rotatable bonds is 6. The number of methoxy groups -OCH3 is 1. The molecule has 0 unspecified atom stereocenters. The lowest BCUT2D eigenvalue weighted by molar-refractivity contribution is 0.0995.